The lowest BCUT2D eigenvalue weighted by Crippen LogP contribution is -2.14. The standard InChI is InChI=1S/C10H15NO2/c1-3-7-5-6-8(11)9(7)10(12)13-4-2/h3,7H,1,4-6,11H2,2H3. The van der Waals surface area contributed by atoms with Crippen LogP contribution in [0.3, 0.4) is 0 Å². The van der Waals surface area contributed by atoms with Gasteiger partial charge >= 0.3 is 5.97 Å². The van der Waals surface area contributed by atoms with Crippen LogP contribution in [0.5, 0.6) is 0 Å². The molecule has 0 saturated heterocycles. The van der Waals surface area contributed by atoms with E-state index in [1.54, 1.807) is 13.0 Å². The van der Waals surface area contributed by atoms with E-state index in [-0.39, 0.29) is 11.9 Å². The molecule has 0 aromatic rings. The van der Waals surface area contributed by atoms with E-state index in [1.807, 2.05) is 0 Å². The SMILES string of the molecule is C=CC1CCC(N)=C1C(=O)OCC. The Morgan fingerprint density at radius 2 is 2.54 bits per heavy atom. The Morgan fingerprint density at radius 3 is 3.08 bits per heavy atom. The molecule has 1 aliphatic rings. The zero-order valence-electron chi connectivity index (χ0n) is 7.88. The first-order valence-corrected chi connectivity index (χ1v) is 4.48. The van der Waals surface area contributed by atoms with Gasteiger partial charge in [-0.05, 0) is 19.8 Å². The van der Waals surface area contributed by atoms with Crippen LogP contribution in [0.4, 0.5) is 0 Å². The van der Waals surface area contributed by atoms with Crippen LogP contribution < -0.4 is 5.73 Å². The third-order valence-corrected chi connectivity index (χ3v) is 2.22. The molecule has 0 spiro atoms. The van der Waals surface area contributed by atoms with Crippen LogP contribution in [-0.4, -0.2) is 12.6 Å². The fraction of sp³-hybridized carbons (Fsp3) is 0.500. The number of allylic oxidation sites excluding steroid dienone is 2. The summed E-state index contributed by atoms with van der Waals surface area (Å²) in [7, 11) is 0. The van der Waals surface area contributed by atoms with E-state index in [2.05, 4.69) is 6.58 Å². The van der Waals surface area contributed by atoms with E-state index >= 15 is 0 Å². The molecular weight excluding hydrogens is 166 g/mol. The lowest BCUT2D eigenvalue weighted by Gasteiger charge is -2.08. The quantitative estimate of drug-likeness (QED) is 0.528. The van der Waals surface area contributed by atoms with Gasteiger partial charge < -0.3 is 10.5 Å². The summed E-state index contributed by atoms with van der Waals surface area (Å²) in [4.78, 5) is 11.4. The Labute approximate surface area is 78.3 Å². The Morgan fingerprint density at radius 1 is 1.85 bits per heavy atom. The number of carbonyl (C=O) groups excluding carboxylic acids is 1. The second-order valence-corrected chi connectivity index (χ2v) is 3.04. The van der Waals surface area contributed by atoms with Crippen molar-refractivity contribution in [1.29, 1.82) is 0 Å². The maximum atomic E-state index is 11.4. The van der Waals surface area contributed by atoms with Gasteiger partial charge in [-0.25, -0.2) is 4.79 Å². The Balaban J connectivity index is 2.80. The summed E-state index contributed by atoms with van der Waals surface area (Å²) in [6, 6.07) is 0. The van der Waals surface area contributed by atoms with Gasteiger partial charge in [-0.3, -0.25) is 0 Å². The lowest BCUT2D eigenvalue weighted by atomic mass is 10.0. The molecule has 0 bridgehead atoms. The molecule has 0 saturated carbocycles. The number of carbonyl (C=O) groups is 1. The van der Waals surface area contributed by atoms with Gasteiger partial charge in [0.05, 0.1) is 12.2 Å². The van der Waals surface area contributed by atoms with Gasteiger partial charge in [0.1, 0.15) is 0 Å². The molecule has 0 aromatic heterocycles. The topological polar surface area (TPSA) is 52.3 Å². The van der Waals surface area contributed by atoms with Crippen molar-refractivity contribution in [2.45, 2.75) is 19.8 Å². The van der Waals surface area contributed by atoms with Gasteiger partial charge in [0.15, 0.2) is 0 Å². The first-order valence-electron chi connectivity index (χ1n) is 4.48. The van der Waals surface area contributed by atoms with E-state index in [0.29, 0.717) is 17.9 Å². The fourth-order valence-corrected chi connectivity index (χ4v) is 1.56. The summed E-state index contributed by atoms with van der Waals surface area (Å²) < 4.78 is 4.90. The average Bonchev–Trinajstić information content (AvgIpc) is 2.47. The zero-order valence-corrected chi connectivity index (χ0v) is 7.88. The number of rotatable bonds is 3. The highest BCUT2D eigenvalue weighted by Crippen LogP contribution is 2.30. The first kappa shape index (κ1) is 9.84. The van der Waals surface area contributed by atoms with Crippen molar-refractivity contribution in [3.05, 3.63) is 23.9 Å². The molecule has 13 heavy (non-hydrogen) atoms. The van der Waals surface area contributed by atoms with Crippen LogP contribution in [0.15, 0.2) is 23.9 Å². The maximum absolute atomic E-state index is 11.4. The summed E-state index contributed by atoms with van der Waals surface area (Å²) in [6.45, 7) is 5.85. The summed E-state index contributed by atoms with van der Waals surface area (Å²) in [5.41, 5.74) is 6.97. The van der Waals surface area contributed by atoms with Gasteiger partial charge in [0.2, 0.25) is 0 Å². The maximum Gasteiger partial charge on any atom is 0.336 e. The molecule has 1 rings (SSSR count). The van der Waals surface area contributed by atoms with Crippen LogP contribution in [0.25, 0.3) is 0 Å². The second kappa shape index (κ2) is 4.12. The second-order valence-electron chi connectivity index (χ2n) is 3.04. The number of nitrogens with two attached hydrogens (primary N) is 1. The minimum Gasteiger partial charge on any atom is -0.463 e. The zero-order chi connectivity index (χ0) is 9.84. The van der Waals surface area contributed by atoms with Crippen molar-refractivity contribution in [2.24, 2.45) is 11.7 Å². The van der Waals surface area contributed by atoms with E-state index in [9.17, 15) is 4.79 Å². The Kier molecular flexibility index (Phi) is 3.12. The highest BCUT2D eigenvalue weighted by molar-refractivity contribution is 5.90. The molecule has 0 amide bonds. The van der Waals surface area contributed by atoms with Crippen molar-refractivity contribution < 1.29 is 9.53 Å². The normalized spacial score (nSPS) is 21.8. The highest BCUT2D eigenvalue weighted by Gasteiger charge is 2.27. The monoisotopic (exact) mass is 181 g/mol. The molecule has 3 nitrogen and oxygen atoms in total. The van der Waals surface area contributed by atoms with E-state index in [4.69, 9.17) is 10.5 Å². The third-order valence-electron chi connectivity index (χ3n) is 2.22. The molecule has 0 fully saturated rings. The third kappa shape index (κ3) is 1.91. The van der Waals surface area contributed by atoms with Gasteiger partial charge in [-0.1, -0.05) is 6.08 Å². The van der Waals surface area contributed by atoms with Crippen molar-refractivity contribution >= 4 is 5.97 Å². The number of hydrogen-bond donors (Lipinski definition) is 1. The molecular formula is C10H15NO2. The molecule has 72 valence electrons. The minimum atomic E-state index is -0.289. The lowest BCUT2D eigenvalue weighted by molar-refractivity contribution is -0.138. The van der Waals surface area contributed by atoms with Gasteiger partial charge in [0, 0.05) is 11.6 Å². The molecule has 1 unspecified atom stereocenters. The molecule has 0 aromatic carbocycles. The molecule has 3 heteroatoms. The van der Waals surface area contributed by atoms with E-state index in [1.165, 1.54) is 0 Å². The van der Waals surface area contributed by atoms with E-state index < -0.39 is 0 Å². The van der Waals surface area contributed by atoms with Gasteiger partial charge in [-0.15, -0.1) is 6.58 Å². The highest BCUT2D eigenvalue weighted by atomic mass is 16.5. The Hall–Kier alpha value is -1.25. The summed E-state index contributed by atoms with van der Waals surface area (Å²) in [5.74, 6) is -0.207. The van der Waals surface area contributed by atoms with Crippen molar-refractivity contribution in [3.63, 3.8) is 0 Å². The minimum absolute atomic E-state index is 0.0825. The molecule has 1 aliphatic carbocycles. The van der Waals surface area contributed by atoms with Crippen molar-refractivity contribution in [2.75, 3.05) is 6.61 Å². The number of esters is 1. The van der Waals surface area contributed by atoms with Crippen molar-refractivity contribution in [1.82, 2.24) is 0 Å². The molecule has 2 N–H and O–H groups in total. The van der Waals surface area contributed by atoms with Crippen LogP contribution >= 0.6 is 0 Å². The van der Waals surface area contributed by atoms with Crippen LogP contribution in [0.2, 0.25) is 0 Å². The number of hydrogen-bond acceptors (Lipinski definition) is 3. The summed E-state index contributed by atoms with van der Waals surface area (Å²) >= 11 is 0. The smallest absolute Gasteiger partial charge is 0.336 e. The van der Waals surface area contributed by atoms with Crippen LogP contribution in [0.1, 0.15) is 19.8 Å². The average molecular weight is 181 g/mol. The summed E-state index contributed by atoms with van der Waals surface area (Å²) in [6.07, 6.45) is 3.40. The fourth-order valence-electron chi connectivity index (χ4n) is 1.56. The molecule has 0 heterocycles. The largest absolute Gasteiger partial charge is 0.463 e. The first-order chi connectivity index (χ1) is 6.20. The van der Waals surface area contributed by atoms with Crippen molar-refractivity contribution in [3.8, 4) is 0 Å². The summed E-state index contributed by atoms with van der Waals surface area (Å²) in [5, 5.41) is 0. The van der Waals surface area contributed by atoms with Gasteiger partial charge in [-0.2, -0.15) is 0 Å². The molecule has 0 radical (unpaired) electrons. The van der Waals surface area contributed by atoms with Gasteiger partial charge in [0.25, 0.3) is 0 Å². The molecule has 0 aliphatic heterocycles. The Bertz CT molecular complexity index is 256. The predicted octanol–water partition coefficient (Wildman–Crippen LogP) is 1.36. The number of ether oxygens (including phenoxy) is 1. The van der Waals surface area contributed by atoms with Crippen LogP contribution in [0, 0.1) is 5.92 Å². The van der Waals surface area contributed by atoms with Crippen LogP contribution in [-0.2, 0) is 9.53 Å². The van der Waals surface area contributed by atoms with E-state index in [0.717, 1.165) is 12.8 Å². The molecule has 1 atom stereocenters. The predicted molar refractivity (Wildman–Crippen MR) is 50.8 cm³/mol.